The first-order valence-corrected chi connectivity index (χ1v) is 45.2. The van der Waals surface area contributed by atoms with Crippen molar-refractivity contribution in [2.45, 2.75) is 259 Å². The Bertz CT molecular complexity index is 961. The van der Waals surface area contributed by atoms with Crippen LogP contribution in [-0.4, -0.2) is 76.6 Å². The Morgan fingerprint density at radius 3 is 0.351 bits per heavy atom. The molecule has 17 heteroatoms. The Labute approximate surface area is 366 Å². The zero-order valence-corrected chi connectivity index (χ0v) is 50.9. The molecule has 0 aliphatic rings. The van der Waals surface area contributed by atoms with Gasteiger partial charge in [-0.2, -0.15) is 0 Å². The fourth-order valence-electron chi connectivity index (χ4n) is 8.67. The molecule has 0 spiro atoms. The largest absolute Gasteiger partial charge is 0.436 e. The molecule has 0 amide bonds. The number of hydrogen-bond acceptors (Lipinski definition) is 8. The van der Waals surface area contributed by atoms with Crippen LogP contribution in [0.2, 0.25) is 121 Å². The Balaban J connectivity index is 7.27. The van der Waals surface area contributed by atoms with Gasteiger partial charge in [-0.3, -0.25) is 0 Å². The van der Waals surface area contributed by atoms with Crippen LogP contribution in [0.5, 0.6) is 0 Å². The molecule has 0 bridgehead atoms. The summed E-state index contributed by atoms with van der Waals surface area (Å²) in [7, 11) is -22.8. The number of hydrogen-bond donors (Lipinski definition) is 0. The van der Waals surface area contributed by atoms with Gasteiger partial charge in [0.1, 0.15) is 0 Å². The van der Waals surface area contributed by atoms with E-state index in [4.69, 9.17) is 32.9 Å². The van der Waals surface area contributed by atoms with Crippen molar-refractivity contribution in [1.29, 1.82) is 0 Å². The molecule has 0 atom stereocenters. The molecule has 0 N–H and O–H groups in total. The fourth-order valence-corrected chi connectivity index (χ4v) is 61.2. The van der Waals surface area contributed by atoms with Gasteiger partial charge in [0.05, 0.1) is 0 Å². The molecule has 344 valence electrons. The van der Waals surface area contributed by atoms with Crippen LogP contribution in [0.15, 0.2) is 0 Å². The molecule has 0 fully saturated rings. The van der Waals surface area contributed by atoms with Crippen LogP contribution in [0, 0.1) is 0 Å². The van der Waals surface area contributed by atoms with E-state index >= 15 is 0 Å². The predicted molar refractivity (Wildman–Crippen MR) is 270 cm³/mol. The topological polar surface area (TPSA) is 73.8 Å². The zero-order valence-electron chi connectivity index (χ0n) is 41.9. The van der Waals surface area contributed by atoms with Gasteiger partial charge in [-0.1, -0.05) is 138 Å². The van der Waals surface area contributed by atoms with E-state index in [1.165, 1.54) is 0 Å². The van der Waals surface area contributed by atoms with E-state index in [1.54, 1.807) is 0 Å². The maximum atomic E-state index is 7.81. The van der Waals surface area contributed by atoms with Crippen molar-refractivity contribution in [3.8, 4) is 0 Å². The second-order valence-corrected chi connectivity index (χ2v) is 54.8. The highest BCUT2D eigenvalue weighted by atomic mass is 28.5. The third-order valence-electron chi connectivity index (χ3n) is 14.4. The van der Waals surface area contributed by atoms with Crippen molar-refractivity contribution in [1.82, 2.24) is 0 Å². The first-order chi connectivity index (χ1) is 26.9. The second-order valence-electron chi connectivity index (χ2n) is 16.6. The van der Waals surface area contributed by atoms with E-state index in [0.29, 0.717) is 0 Å². The van der Waals surface area contributed by atoms with Gasteiger partial charge in [-0.25, -0.2) is 0 Å². The molecule has 0 aromatic heterocycles. The average molecular weight is 962 g/mol. The summed E-state index contributed by atoms with van der Waals surface area (Å²) in [6.45, 7) is 46.1. The molecule has 8 nitrogen and oxygen atoms in total. The van der Waals surface area contributed by atoms with Gasteiger partial charge in [0.25, 0.3) is 0 Å². The van der Waals surface area contributed by atoms with Crippen LogP contribution in [0.3, 0.4) is 0 Å². The normalized spacial score (nSPS) is 14.5. The molecule has 0 radical (unpaired) electrons. The van der Waals surface area contributed by atoms with Crippen LogP contribution in [0.1, 0.15) is 138 Å². The summed E-state index contributed by atoms with van der Waals surface area (Å²) in [5.41, 5.74) is 0. The average Bonchev–Trinajstić information content (AvgIpc) is 3.28. The third kappa shape index (κ3) is 14.8. The van der Waals surface area contributed by atoms with Gasteiger partial charge in [0.2, 0.25) is 0 Å². The molecule has 0 aromatic rings. The summed E-state index contributed by atoms with van der Waals surface area (Å²) < 4.78 is 61.4. The predicted octanol–water partition coefficient (Wildman–Crippen LogP) is 15.5. The SMILES string of the molecule is CC[Si](CC)(CC)O[Si](CC)(CC)O[Si](CC)(CC)O[Si](CC)(CC)O[Si](CC)(CC)O[Si](CC)(CC)O[Si](CC)(CC)O[Si](CC)(CC)O[Si](CC)(CC)CC. The van der Waals surface area contributed by atoms with Crippen molar-refractivity contribution in [3.05, 3.63) is 0 Å². The Morgan fingerprint density at radius 1 is 0.158 bits per heavy atom. The molecule has 0 saturated heterocycles. The lowest BCUT2D eigenvalue weighted by molar-refractivity contribution is 0.233. The van der Waals surface area contributed by atoms with Crippen molar-refractivity contribution in [2.24, 2.45) is 0 Å². The minimum atomic E-state index is -2.83. The van der Waals surface area contributed by atoms with Gasteiger partial charge in [0.15, 0.2) is 16.6 Å². The molecule has 57 heavy (non-hydrogen) atoms. The highest BCUT2D eigenvalue weighted by Crippen LogP contribution is 2.42. The minimum absolute atomic E-state index is 0.869. The van der Waals surface area contributed by atoms with E-state index in [9.17, 15) is 0 Å². The maximum Gasteiger partial charge on any atom is 0.320 e. The quantitative estimate of drug-likeness (QED) is 0.0575. The van der Waals surface area contributed by atoms with Crippen LogP contribution in [0.25, 0.3) is 0 Å². The van der Waals surface area contributed by atoms with E-state index in [0.717, 1.165) is 121 Å². The van der Waals surface area contributed by atoms with E-state index in [-0.39, 0.29) is 0 Å². The fraction of sp³-hybridized carbons (Fsp3) is 1.00. The molecular weight excluding hydrogens is 861 g/mol. The lowest BCUT2D eigenvalue weighted by Gasteiger charge is -2.51. The lowest BCUT2D eigenvalue weighted by atomic mass is 10.9. The summed E-state index contributed by atoms with van der Waals surface area (Å²) in [5.74, 6) is 0. The first kappa shape index (κ1) is 58.6. The van der Waals surface area contributed by atoms with Gasteiger partial charge < -0.3 is 32.9 Å². The molecule has 0 aliphatic carbocycles. The van der Waals surface area contributed by atoms with Crippen molar-refractivity contribution in [2.75, 3.05) is 0 Å². The molecule has 0 aliphatic heterocycles. The molecule has 0 unspecified atom stereocenters. The summed E-state index contributed by atoms with van der Waals surface area (Å²) in [4.78, 5) is 0. The maximum absolute atomic E-state index is 7.81. The van der Waals surface area contributed by atoms with Crippen LogP contribution in [-0.2, 0) is 32.9 Å². The Morgan fingerprint density at radius 2 is 0.263 bits per heavy atom. The highest BCUT2D eigenvalue weighted by molar-refractivity contribution is 6.95. The van der Waals surface area contributed by atoms with Crippen LogP contribution in [0.4, 0.5) is 0 Å². The third-order valence-corrected chi connectivity index (χ3v) is 61.6. The molecule has 0 saturated carbocycles. The van der Waals surface area contributed by atoms with Crippen molar-refractivity contribution >= 4 is 76.6 Å². The zero-order chi connectivity index (χ0) is 44.3. The standard InChI is InChI=1S/C40H100O8Si9/c1-21-49(22-2,23-3)41-51(27-7,28-8)43-53(31-11,32-12)45-55(35-15,36-16)47-57(39-19,40-20)48-56(37-17,38-18)46-54(33-13,34-14)44-52(29-9,30-10)42-50(24-4,25-5)26-6/h21-40H2,1-20H3. The van der Waals surface area contributed by atoms with Gasteiger partial charge in [-0.15, -0.1) is 0 Å². The van der Waals surface area contributed by atoms with E-state index < -0.39 is 76.6 Å². The van der Waals surface area contributed by atoms with Crippen LogP contribution >= 0.6 is 0 Å². The molecule has 0 heterocycles. The van der Waals surface area contributed by atoms with Crippen molar-refractivity contribution < 1.29 is 32.9 Å². The summed E-state index contributed by atoms with van der Waals surface area (Å²) in [6.07, 6.45) is 0. The van der Waals surface area contributed by atoms with Gasteiger partial charge in [-0.05, 0) is 121 Å². The molecular formula is C40H100O8Si9. The summed E-state index contributed by atoms with van der Waals surface area (Å²) >= 11 is 0. The van der Waals surface area contributed by atoms with E-state index in [1.807, 2.05) is 0 Å². The van der Waals surface area contributed by atoms with E-state index in [2.05, 4.69) is 138 Å². The van der Waals surface area contributed by atoms with Gasteiger partial charge in [0, 0.05) is 0 Å². The Hall–Kier alpha value is 1.63. The second kappa shape index (κ2) is 26.4. The first-order valence-electron chi connectivity index (χ1n) is 24.5. The van der Waals surface area contributed by atoms with Crippen molar-refractivity contribution in [3.63, 3.8) is 0 Å². The molecule has 0 aromatic carbocycles. The molecule has 0 rings (SSSR count). The monoisotopic (exact) mass is 961 g/mol. The Kier molecular flexibility index (Phi) is 27.2. The lowest BCUT2D eigenvalue weighted by Crippen LogP contribution is -2.67. The number of rotatable bonds is 36. The highest BCUT2D eigenvalue weighted by Gasteiger charge is 2.58. The summed E-state index contributed by atoms with van der Waals surface area (Å²) in [6, 6.07) is 19.5. The van der Waals surface area contributed by atoms with Gasteiger partial charge >= 0.3 is 59.9 Å². The smallest absolute Gasteiger partial charge is 0.320 e. The van der Waals surface area contributed by atoms with Crippen LogP contribution < -0.4 is 0 Å². The summed E-state index contributed by atoms with van der Waals surface area (Å²) in [5, 5.41) is 0. The minimum Gasteiger partial charge on any atom is -0.436 e.